The van der Waals surface area contributed by atoms with Crippen LogP contribution in [0.1, 0.15) is 34.4 Å². The maximum absolute atomic E-state index is 12.8. The van der Waals surface area contributed by atoms with Crippen LogP contribution in [-0.2, 0) is 19.4 Å². The summed E-state index contributed by atoms with van der Waals surface area (Å²) < 4.78 is 1.49. The molecule has 0 radical (unpaired) electrons. The molecule has 0 fully saturated rings. The maximum Gasteiger partial charge on any atom is 0.279 e. The third kappa shape index (κ3) is 2.25. The first kappa shape index (κ1) is 13.6. The molecule has 112 valence electrons. The quantitative estimate of drug-likeness (QED) is 0.730. The van der Waals surface area contributed by atoms with Gasteiger partial charge in [-0.2, -0.15) is 0 Å². The Morgan fingerprint density at radius 1 is 1.18 bits per heavy atom. The Labute approximate surface area is 132 Å². The van der Waals surface area contributed by atoms with Gasteiger partial charge in [-0.05, 0) is 43.7 Å². The molecule has 1 aliphatic rings. The molecule has 0 N–H and O–H groups in total. The summed E-state index contributed by atoms with van der Waals surface area (Å²) in [6, 6.07) is 8.19. The highest BCUT2D eigenvalue weighted by Crippen LogP contribution is 2.33. The van der Waals surface area contributed by atoms with E-state index in [9.17, 15) is 4.79 Å². The summed E-state index contributed by atoms with van der Waals surface area (Å²) in [7, 11) is 0. The lowest BCUT2D eigenvalue weighted by Gasteiger charge is -2.10. The Balaban J connectivity index is 1.80. The third-order valence-corrected chi connectivity index (χ3v) is 5.47. The molecular formula is C17H17N3OS. The first-order chi connectivity index (χ1) is 10.7. The third-order valence-electron chi connectivity index (χ3n) is 4.30. The number of fused-ring (bicyclic) bond motifs is 3. The molecule has 0 saturated carbocycles. The maximum atomic E-state index is 12.8. The zero-order valence-electron chi connectivity index (χ0n) is 12.5. The van der Waals surface area contributed by atoms with E-state index in [2.05, 4.69) is 29.4 Å². The largest absolute Gasteiger partial charge is 0.279 e. The number of aryl methyl sites for hydroxylation is 3. The second-order valence-corrected chi connectivity index (χ2v) is 7.01. The van der Waals surface area contributed by atoms with Gasteiger partial charge in [0, 0.05) is 4.88 Å². The van der Waals surface area contributed by atoms with Gasteiger partial charge in [-0.25, -0.2) is 4.68 Å². The number of benzene rings is 1. The Hall–Kier alpha value is -2.01. The molecule has 4 rings (SSSR count). The van der Waals surface area contributed by atoms with Crippen molar-refractivity contribution < 1.29 is 0 Å². The summed E-state index contributed by atoms with van der Waals surface area (Å²) in [4.78, 5) is 14.9. The van der Waals surface area contributed by atoms with E-state index in [-0.39, 0.29) is 5.56 Å². The summed E-state index contributed by atoms with van der Waals surface area (Å²) in [6.45, 7) is 2.53. The average molecular weight is 311 g/mol. The summed E-state index contributed by atoms with van der Waals surface area (Å²) >= 11 is 1.64. The zero-order valence-corrected chi connectivity index (χ0v) is 13.3. The highest BCUT2D eigenvalue weighted by molar-refractivity contribution is 7.18. The van der Waals surface area contributed by atoms with Crippen molar-refractivity contribution in [3.8, 4) is 0 Å². The predicted molar refractivity (Wildman–Crippen MR) is 88.6 cm³/mol. The monoisotopic (exact) mass is 311 g/mol. The van der Waals surface area contributed by atoms with Crippen LogP contribution in [0, 0.1) is 6.92 Å². The molecule has 1 aliphatic carbocycles. The molecule has 4 nitrogen and oxygen atoms in total. The van der Waals surface area contributed by atoms with Crippen LogP contribution in [0.2, 0.25) is 0 Å². The predicted octanol–water partition coefficient (Wildman–Crippen LogP) is 3.09. The van der Waals surface area contributed by atoms with Crippen LogP contribution in [0.3, 0.4) is 0 Å². The fourth-order valence-corrected chi connectivity index (χ4v) is 4.27. The van der Waals surface area contributed by atoms with Crippen molar-refractivity contribution >= 4 is 21.6 Å². The van der Waals surface area contributed by atoms with Crippen LogP contribution in [0.4, 0.5) is 0 Å². The average Bonchev–Trinajstić information content (AvgIpc) is 2.91. The molecule has 2 heterocycles. The number of hydrogen-bond donors (Lipinski definition) is 0. The lowest BCUT2D eigenvalue weighted by molar-refractivity contribution is 0.600. The van der Waals surface area contributed by atoms with E-state index in [0.29, 0.717) is 6.54 Å². The van der Waals surface area contributed by atoms with Gasteiger partial charge in [-0.1, -0.05) is 35.0 Å². The van der Waals surface area contributed by atoms with Crippen LogP contribution in [0.15, 0.2) is 29.1 Å². The Bertz CT molecular complexity index is 893. The van der Waals surface area contributed by atoms with Crippen molar-refractivity contribution in [3.63, 3.8) is 0 Å². The summed E-state index contributed by atoms with van der Waals surface area (Å²) in [5, 5.41) is 9.23. The number of thiophene rings is 1. The number of rotatable bonds is 2. The first-order valence-corrected chi connectivity index (χ1v) is 8.47. The lowest BCUT2D eigenvalue weighted by atomic mass is 9.97. The van der Waals surface area contributed by atoms with Gasteiger partial charge in [-0.15, -0.1) is 16.4 Å². The van der Waals surface area contributed by atoms with E-state index < -0.39 is 0 Å². The topological polar surface area (TPSA) is 47.8 Å². The molecule has 1 aromatic carbocycles. The van der Waals surface area contributed by atoms with Crippen molar-refractivity contribution in [2.24, 2.45) is 0 Å². The van der Waals surface area contributed by atoms with Gasteiger partial charge in [0.05, 0.1) is 11.9 Å². The van der Waals surface area contributed by atoms with E-state index in [4.69, 9.17) is 0 Å². The molecule has 3 aromatic rings. The van der Waals surface area contributed by atoms with E-state index in [1.165, 1.54) is 33.5 Å². The van der Waals surface area contributed by atoms with Gasteiger partial charge in [0.1, 0.15) is 0 Å². The van der Waals surface area contributed by atoms with Crippen LogP contribution in [0.25, 0.3) is 10.2 Å². The van der Waals surface area contributed by atoms with Gasteiger partial charge in [0.25, 0.3) is 5.56 Å². The lowest BCUT2D eigenvalue weighted by Crippen LogP contribution is -2.25. The fraction of sp³-hybridized carbons (Fsp3) is 0.353. The van der Waals surface area contributed by atoms with Gasteiger partial charge in [-0.3, -0.25) is 4.79 Å². The van der Waals surface area contributed by atoms with Crippen LogP contribution >= 0.6 is 11.3 Å². The van der Waals surface area contributed by atoms with Crippen LogP contribution < -0.4 is 5.56 Å². The number of aromatic nitrogens is 3. The molecule has 0 amide bonds. The summed E-state index contributed by atoms with van der Waals surface area (Å²) in [5.74, 6) is 0. The Kier molecular flexibility index (Phi) is 3.30. The van der Waals surface area contributed by atoms with E-state index in [1.807, 2.05) is 12.1 Å². The van der Waals surface area contributed by atoms with E-state index >= 15 is 0 Å². The molecule has 0 unspecified atom stereocenters. The van der Waals surface area contributed by atoms with Gasteiger partial charge >= 0.3 is 0 Å². The van der Waals surface area contributed by atoms with E-state index in [1.54, 1.807) is 11.3 Å². The molecular weight excluding hydrogens is 294 g/mol. The molecule has 22 heavy (non-hydrogen) atoms. The number of hydrogen-bond acceptors (Lipinski definition) is 4. The summed E-state index contributed by atoms with van der Waals surface area (Å²) in [6.07, 6.45) is 4.46. The Morgan fingerprint density at radius 3 is 2.77 bits per heavy atom. The van der Waals surface area contributed by atoms with Crippen molar-refractivity contribution in [2.75, 3.05) is 0 Å². The highest BCUT2D eigenvalue weighted by atomic mass is 32.1. The van der Waals surface area contributed by atoms with Crippen molar-refractivity contribution in [3.05, 3.63) is 56.2 Å². The van der Waals surface area contributed by atoms with Gasteiger partial charge < -0.3 is 0 Å². The fourth-order valence-electron chi connectivity index (χ4n) is 3.08. The molecule has 0 atom stereocenters. The molecule has 2 aromatic heterocycles. The standard InChI is InChI=1S/C17H17N3OS/c1-11-6-8-12(9-7-11)10-20-17(21)15-13-4-2-3-5-14(13)22-16(15)18-19-20/h6-9H,2-5,10H2,1H3. The van der Waals surface area contributed by atoms with E-state index in [0.717, 1.165) is 28.6 Å². The minimum Gasteiger partial charge on any atom is -0.267 e. The minimum absolute atomic E-state index is 0.00461. The van der Waals surface area contributed by atoms with Crippen LogP contribution in [-0.4, -0.2) is 15.0 Å². The smallest absolute Gasteiger partial charge is 0.267 e. The molecule has 5 heteroatoms. The summed E-state index contributed by atoms with van der Waals surface area (Å²) in [5.41, 5.74) is 3.52. The minimum atomic E-state index is 0.00461. The van der Waals surface area contributed by atoms with Crippen molar-refractivity contribution in [1.82, 2.24) is 15.0 Å². The van der Waals surface area contributed by atoms with Gasteiger partial charge in [0.15, 0.2) is 4.83 Å². The Morgan fingerprint density at radius 2 is 1.95 bits per heavy atom. The van der Waals surface area contributed by atoms with Crippen LogP contribution in [0.5, 0.6) is 0 Å². The SMILES string of the molecule is Cc1ccc(Cn2nnc3sc4c(c3c2=O)CCCC4)cc1. The molecule has 0 aliphatic heterocycles. The zero-order chi connectivity index (χ0) is 15.1. The van der Waals surface area contributed by atoms with Gasteiger partial charge in [0.2, 0.25) is 0 Å². The molecule has 0 spiro atoms. The highest BCUT2D eigenvalue weighted by Gasteiger charge is 2.20. The molecule has 0 bridgehead atoms. The van der Waals surface area contributed by atoms with Crippen molar-refractivity contribution in [2.45, 2.75) is 39.2 Å². The number of nitrogens with zero attached hydrogens (tertiary/aromatic N) is 3. The second kappa shape index (κ2) is 5.32. The first-order valence-electron chi connectivity index (χ1n) is 7.66. The van der Waals surface area contributed by atoms with Crippen molar-refractivity contribution in [1.29, 1.82) is 0 Å². The second-order valence-electron chi connectivity index (χ2n) is 5.93. The molecule has 0 saturated heterocycles. The normalized spacial score (nSPS) is 14.2.